The molecule has 0 aliphatic heterocycles. The van der Waals surface area contributed by atoms with E-state index in [0.29, 0.717) is 17.0 Å². The Kier molecular flexibility index (Phi) is 6.32. The van der Waals surface area contributed by atoms with Gasteiger partial charge in [0.1, 0.15) is 5.75 Å². The Morgan fingerprint density at radius 1 is 0.962 bits per heavy atom. The van der Waals surface area contributed by atoms with Crippen molar-refractivity contribution in [2.75, 3.05) is 33.1 Å². The average Bonchev–Trinajstić information content (AvgIpc) is 2.66. The van der Waals surface area contributed by atoms with Gasteiger partial charge < -0.3 is 20.3 Å². The first-order chi connectivity index (χ1) is 12.4. The summed E-state index contributed by atoms with van der Waals surface area (Å²) in [6.45, 7) is -0.118. The first-order valence-electron chi connectivity index (χ1n) is 7.95. The molecule has 0 atom stereocenters. The van der Waals surface area contributed by atoms with Crippen molar-refractivity contribution < 1.29 is 19.1 Å². The number of anilines is 1. The summed E-state index contributed by atoms with van der Waals surface area (Å²) in [5.74, 6) is -0.368. The molecule has 2 aromatic rings. The maximum absolute atomic E-state index is 12.4. The van der Waals surface area contributed by atoms with Gasteiger partial charge in [-0.1, -0.05) is 12.1 Å². The smallest absolute Gasteiger partial charge is 0.255 e. The molecule has 136 valence electrons. The second-order valence-corrected chi connectivity index (χ2v) is 5.70. The van der Waals surface area contributed by atoms with Crippen molar-refractivity contribution in [3.63, 3.8) is 0 Å². The number of hydrogen-bond donors (Lipinski definition) is 2. The van der Waals surface area contributed by atoms with E-state index < -0.39 is 5.91 Å². The number of ether oxygens (including phenoxy) is 1. The van der Waals surface area contributed by atoms with Crippen LogP contribution in [0.3, 0.4) is 0 Å². The van der Waals surface area contributed by atoms with Gasteiger partial charge >= 0.3 is 0 Å². The van der Waals surface area contributed by atoms with Crippen molar-refractivity contribution in [2.24, 2.45) is 0 Å². The van der Waals surface area contributed by atoms with Gasteiger partial charge in [0.15, 0.2) is 0 Å². The van der Waals surface area contributed by atoms with Gasteiger partial charge in [-0.2, -0.15) is 0 Å². The molecule has 0 spiro atoms. The molecule has 0 aliphatic carbocycles. The zero-order chi connectivity index (χ0) is 19.1. The topological polar surface area (TPSA) is 87.7 Å². The second kappa shape index (κ2) is 8.66. The molecule has 0 aliphatic rings. The van der Waals surface area contributed by atoms with E-state index in [1.54, 1.807) is 69.7 Å². The number of nitrogens with one attached hydrogen (secondary N) is 2. The number of rotatable bonds is 6. The number of nitrogens with zero attached hydrogens (tertiary/aromatic N) is 1. The minimum atomic E-state index is -0.439. The fraction of sp³-hybridized carbons (Fsp3) is 0.211. The molecule has 0 unspecified atom stereocenters. The van der Waals surface area contributed by atoms with Gasteiger partial charge in [-0.05, 0) is 36.4 Å². The van der Waals surface area contributed by atoms with E-state index >= 15 is 0 Å². The molecular weight excluding hydrogens is 334 g/mol. The van der Waals surface area contributed by atoms with E-state index in [-0.39, 0.29) is 23.9 Å². The second-order valence-electron chi connectivity index (χ2n) is 5.70. The number of carbonyl (C=O) groups excluding carboxylic acids is 3. The van der Waals surface area contributed by atoms with Crippen LogP contribution >= 0.6 is 0 Å². The summed E-state index contributed by atoms with van der Waals surface area (Å²) >= 11 is 0. The fourth-order valence-electron chi connectivity index (χ4n) is 2.14. The highest BCUT2D eigenvalue weighted by atomic mass is 16.5. The van der Waals surface area contributed by atoms with Crippen molar-refractivity contribution in [1.82, 2.24) is 10.2 Å². The summed E-state index contributed by atoms with van der Waals surface area (Å²) in [7, 11) is 4.76. The third-order valence-corrected chi connectivity index (χ3v) is 3.67. The standard InChI is InChI=1S/C19H21N3O4/c1-22(2)17(23)12-20-19(25)15-6-4-5-7-16(15)21-18(24)13-8-10-14(26-3)11-9-13/h4-11H,12H2,1-3H3,(H,20,25)(H,21,24). The van der Waals surface area contributed by atoms with E-state index in [0.717, 1.165) is 0 Å². The largest absolute Gasteiger partial charge is 0.497 e. The van der Waals surface area contributed by atoms with Gasteiger partial charge in [-0.15, -0.1) is 0 Å². The van der Waals surface area contributed by atoms with Crippen LogP contribution in [0.25, 0.3) is 0 Å². The van der Waals surface area contributed by atoms with Crippen LogP contribution in [0, 0.1) is 0 Å². The van der Waals surface area contributed by atoms with E-state index in [1.807, 2.05) is 0 Å². The molecule has 2 rings (SSSR count). The van der Waals surface area contributed by atoms with E-state index in [4.69, 9.17) is 4.74 Å². The zero-order valence-corrected chi connectivity index (χ0v) is 14.9. The van der Waals surface area contributed by atoms with Crippen molar-refractivity contribution >= 4 is 23.4 Å². The third-order valence-electron chi connectivity index (χ3n) is 3.67. The van der Waals surface area contributed by atoms with Crippen molar-refractivity contribution in [1.29, 1.82) is 0 Å². The number of carbonyl (C=O) groups is 3. The quantitative estimate of drug-likeness (QED) is 0.827. The number of amides is 3. The van der Waals surface area contributed by atoms with Gasteiger partial charge in [0.05, 0.1) is 24.9 Å². The Balaban J connectivity index is 2.11. The maximum Gasteiger partial charge on any atom is 0.255 e. The molecule has 0 fully saturated rings. The molecule has 3 amide bonds. The van der Waals surface area contributed by atoms with Gasteiger partial charge in [0, 0.05) is 19.7 Å². The average molecular weight is 355 g/mol. The molecule has 0 radical (unpaired) electrons. The van der Waals surface area contributed by atoms with Crippen LogP contribution in [-0.4, -0.2) is 50.4 Å². The number of benzene rings is 2. The first kappa shape index (κ1) is 19.0. The predicted octanol–water partition coefficient (Wildman–Crippen LogP) is 1.77. The molecule has 0 saturated heterocycles. The summed E-state index contributed by atoms with van der Waals surface area (Å²) in [5, 5.41) is 5.27. The summed E-state index contributed by atoms with van der Waals surface area (Å²) in [5.41, 5.74) is 1.08. The summed E-state index contributed by atoms with van der Waals surface area (Å²) in [4.78, 5) is 37.7. The molecule has 7 nitrogen and oxygen atoms in total. The van der Waals surface area contributed by atoms with Crippen LogP contribution in [0.15, 0.2) is 48.5 Å². The Bertz CT molecular complexity index is 801. The van der Waals surface area contributed by atoms with Gasteiger partial charge in [-0.25, -0.2) is 0 Å². The first-order valence-corrected chi connectivity index (χ1v) is 7.95. The lowest BCUT2D eigenvalue weighted by atomic mass is 10.1. The molecule has 26 heavy (non-hydrogen) atoms. The molecule has 0 aromatic heterocycles. The number of likely N-dealkylation sites (N-methyl/N-ethyl adjacent to an activating group) is 1. The van der Waals surface area contributed by atoms with Crippen LogP contribution in [0.2, 0.25) is 0 Å². The van der Waals surface area contributed by atoms with Crippen LogP contribution in [-0.2, 0) is 4.79 Å². The highest BCUT2D eigenvalue weighted by molar-refractivity contribution is 6.09. The van der Waals surface area contributed by atoms with Gasteiger partial charge in [0.2, 0.25) is 5.91 Å². The number of methoxy groups -OCH3 is 1. The minimum absolute atomic E-state index is 0.118. The van der Waals surface area contributed by atoms with Crippen molar-refractivity contribution in [2.45, 2.75) is 0 Å². The highest BCUT2D eigenvalue weighted by Crippen LogP contribution is 2.17. The third kappa shape index (κ3) is 4.83. The van der Waals surface area contributed by atoms with Crippen LogP contribution in [0.1, 0.15) is 20.7 Å². The molecule has 0 heterocycles. The maximum atomic E-state index is 12.4. The molecule has 0 bridgehead atoms. The minimum Gasteiger partial charge on any atom is -0.497 e. The van der Waals surface area contributed by atoms with E-state index in [2.05, 4.69) is 10.6 Å². The molecular formula is C19H21N3O4. The Labute approximate surface area is 152 Å². The number of hydrogen-bond acceptors (Lipinski definition) is 4. The lowest BCUT2D eigenvalue weighted by Crippen LogP contribution is -2.36. The summed E-state index contributed by atoms with van der Waals surface area (Å²) in [6, 6.07) is 13.2. The molecule has 2 N–H and O–H groups in total. The molecule has 0 saturated carbocycles. The van der Waals surface area contributed by atoms with Crippen molar-refractivity contribution in [3.05, 3.63) is 59.7 Å². The fourth-order valence-corrected chi connectivity index (χ4v) is 2.14. The summed E-state index contributed by atoms with van der Waals surface area (Å²) in [6.07, 6.45) is 0. The van der Waals surface area contributed by atoms with Crippen molar-refractivity contribution in [3.8, 4) is 5.75 Å². The van der Waals surface area contributed by atoms with Gasteiger partial charge in [0.25, 0.3) is 11.8 Å². The molecule has 2 aromatic carbocycles. The lowest BCUT2D eigenvalue weighted by molar-refractivity contribution is -0.127. The molecule has 7 heteroatoms. The van der Waals surface area contributed by atoms with Crippen LogP contribution in [0.5, 0.6) is 5.75 Å². The Hall–Kier alpha value is -3.35. The Morgan fingerprint density at radius 3 is 2.23 bits per heavy atom. The monoisotopic (exact) mass is 355 g/mol. The van der Waals surface area contributed by atoms with Crippen LogP contribution in [0.4, 0.5) is 5.69 Å². The normalized spacial score (nSPS) is 9.96. The zero-order valence-electron chi connectivity index (χ0n) is 14.9. The van der Waals surface area contributed by atoms with E-state index in [9.17, 15) is 14.4 Å². The predicted molar refractivity (Wildman–Crippen MR) is 98.4 cm³/mol. The van der Waals surface area contributed by atoms with E-state index in [1.165, 1.54) is 4.90 Å². The number of para-hydroxylation sites is 1. The SMILES string of the molecule is COc1ccc(C(=O)Nc2ccccc2C(=O)NCC(=O)N(C)C)cc1. The highest BCUT2D eigenvalue weighted by Gasteiger charge is 2.15. The van der Waals surface area contributed by atoms with Gasteiger partial charge in [-0.3, -0.25) is 14.4 Å². The Morgan fingerprint density at radius 2 is 1.62 bits per heavy atom. The summed E-state index contributed by atoms with van der Waals surface area (Å²) < 4.78 is 5.07. The lowest BCUT2D eigenvalue weighted by Gasteiger charge is -2.13. The van der Waals surface area contributed by atoms with Crippen LogP contribution < -0.4 is 15.4 Å².